The van der Waals surface area contributed by atoms with Crippen molar-refractivity contribution in [1.29, 1.82) is 0 Å². The minimum Gasteiger partial charge on any atom is -0.449 e. The molecule has 2 amide bonds. The molecule has 2 atom stereocenters. The molecule has 0 aromatic rings. The van der Waals surface area contributed by atoms with Crippen molar-refractivity contribution in [3.63, 3.8) is 0 Å². The first-order valence-corrected chi connectivity index (χ1v) is 10.9. The van der Waals surface area contributed by atoms with Crippen molar-refractivity contribution in [3.8, 4) is 0 Å². The van der Waals surface area contributed by atoms with Crippen LogP contribution >= 0.6 is 0 Å². The lowest BCUT2D eigenvalue weighted by Crippen LogP contribution is -2.46. The second-order valence-corrected chi connectivity index (χ2v) is 9.45. The Labute approximate surface area is 179 Å². The monoisotopic (exact) mass is 426 g/mol. The average molecular weight is 427 g/mol. The number of carbonyl (C=O) groups is 4. The third kappa shape index (κ3) is 10.2. The van der Waals surface area contributed by atoms with E-state index in [-0.39, 0.29) is 30.1 Å². The maximum atomic E-state index is 12.9. The van der Waals surface area contributed by atoms with E-state index in [1.807, 2.05) is 34.6 Å². The molecule has 0 aromatic heterocycles. The van der Waals surface area contributed by atoms with E-state index < -0.39 is 29.7 Å². The minimum atomic E-state index is -0.786. The summed E-state index contributed by atoms with van der Waals surface area (Å²) < 4.78 is 10.7. The first-order valence-electron chi connectivity index (χ1n) is 10.9. The maximum absolute atomic E-state index is 12.9. The number of nitrogens with one attached hydrogen (secondary N) is 2. The van der Waals surface area contributed by atoms with E-state index >= 15 is 0 Å². The lowest BCUT2D eigenvalue weighted by Gasteiger charge is -2.24. The van der Waals surface area contributed by atoms with Crippen molar-refractivity contribution in [2.45, 2.75) is 72.8 Å². The van der Waals surface area contributed by atoms with Gasteiger partial charge in [-0.3, -0.25) is 14.4 Å². The highest BCUT2D eigenvalue weighted by molar-refractivity contribution is 6.37. The molecule has 1 aliphatic heterocycles. The molecule has 1 rings (SSSR count). The van der Waals surface area contributed by atoms with E-state index in [9.17, 15) is 19.2 Å². The Morgan fingerprint density at radius 2 is 1.83 bits per heavy atom. The van der Waals surface area contributed by atoms with Crippen LogP contribution in [-0.2, 0) is 23.9 Å². The van der Waals surface area contributed by atoms with Gasteiger partial charge in [-0.1, -0.05) is 34.6 Å². The van der Waals surface area contributed by atoms with Gasteiger partial charge in [0, 0.05) is 32.1 Å². The average Bonchev–Trinajstić information content (AvgIpc) is 2.65. The number of hydrogen-bond acceptors (Lipinski definition) is 6. The molecule has 1 aliphatic rings. The van der Waals surface area contributed by atoms with Gasteiger partial charge in [-0.25, -0.2) is 4.79 Å². The zero-order valence-electron chi connectivity index (χ0n) is 19.0. The minimum absolute atomic E-state index is 0.103. The number of hydrogen-bond donors (Lipinski definition) is 2. The van der Waals surface area contributed by atoms with Crippen molar-refractivity contribution in [3.05, 3.63) is 0 Å². The Balaban J connectivity index is 2.78. The van der Waals surface area contributed by atoms with Crippen LogP contribution in [0.1, 0.15) is 66.7 Å². The van der Waals surface area contributed by atoms with Gasteiger partial charge < -0.3 is 20.1 Å². The Bertz CT molecular complexity index is 597. The van der Waals surface area contributed by atoms with E-state index in [2.05, 4.69) is 10.6 Å². The molecule has 172 valence electrons. The fourth-order valence-corrected chi connectivity index (χ4v) is 3.10. The number of amides is 2. The molecule has 0 saturated carbocycles. The molecule has 0 aliphatic carbocycles. The quantitative estimate of drug-likeness (QED) is 0.632. The Hall–Kier alpha value is -1.96. The van der Waals surface area contributed by atoms with E-state index in [1.165, 1.54) is 0 Å². The molecule has 0 aromatic carbocycles. The fourth-order valence-electron chi connectivity index (χ4n) is 3.10. The highest BCUT2D eigenvalue weighted by Gasteiger charge is 2.32. The lowest BCUT2D eigenvalue weighted by molar-refractivity contribution is -0.141. The Morgan fingerprint density at radius 1 is 1.17 bits per heavy atom. The summed E-state index contributed by atoms with van der Waals surface area (Å²) in [4.78, 5) is 49.9. The van der Waals surface area contributed by atoms with Crippen LogP contribution in [0, 0.1) is 17.3 Å². The predicted molar refractivity (Wildman–Crippen MR) is 113 cm³/mol. The van der Waals surface area contributed by atoms with Crippen LogP contribution in [-0.4, -0.2) is 56.0 Å². The van der Waals surface area contributed by atoms with Gasteiger partial charge in [-0.15, -0.1) is 0 Å². The van der Waals surface area contributed by atoms with Crippen molar-refractivity contribution >= 4 is 23.6 Å². The SMILES string of the molecule is CC(C)C(NC(=O)OCC(C)(C)C)C(=O)CC1CCCOCCCCNC(=O)C1=O. The molecule has 2 N–H and O–H groups in total. The summed E-state index contributed by atoms with van der Waals surface area (Å²) in [6, 6.07) is -0.786. The molecule has 0 spiro atoms. The molecule has 1 saturated heterocycles. The number of alkyl carbamates (subject to hydrolysis) is 1. The van der Waals surface area contributed by atoms with Crippen LogP contribution in [0.4, 0.5) is 4.79 Å². The molecule has 0 bridgehead atoms. The topological polar surface area (TPSA) is 111 Å². The van der Waals surface area contributed by atoms with Crippen LogP contribution in [0.25, 0.3) is 0 Å². The van der Waals surface area contributed by atoms with Gasteiger partial charge in [0.25, 0.3) is 5.91 Å². The number of carbonyl (C=O) groups excluding carboxylic acids is 4. The van der Waals surface area contributed by atoms with E-state index in [1.54, 1.807) is 0 Å². The van der Waals surface area contributed by atoms with E-state index in [0.717, 1.165) is 12.8 Å². The molecule has 8 heteroatoms. The van der Waals surface area contributed by atoms with Gasteiger partial charge in [0.2, 0.25) is 5.78 Å². The number of ether oxygens (including phenoxy) is 2. The summed E-state index contributed by atoms with van der Waals surface area (Å²) in [5.41, 5.74) is -0.190. The summed E-state index contributed by atoms with van der Waals surface area (Å²) in [5, 5.41) is 5.25. The molecule has 1 heterocycles. The largest absolute Gasteiger partial charge is 0.449 e. The van der Waals surface area contributed by atoms with Crippen molar-refractivity contribution in [2.75, 3.05) is 26.4 Å². The lowest BCUT2D eigenvalue weighted by atomic mass is 9.87. The first-order chi connectivity index (χ1) is 14.0. The molecule has 8 nitrogen and oxygen atoms in total. The van der Waals surface area contributed by atoms with Gasteiger partial charge in [-0.2, -0.15) is 0 Å². The fraction of sp³-hybridized carbons (Fsp3) is 0.818. The second kappa shape index (κ2) is 12.7. The third-order valence-corrected chi connectivity index (χ3v) is 4.81. The van der Waals surface area contributed by atoms with Gasteiger partial charge in [0.05, 0.1) is 12.6 Å². The van der Waals surface area contributed by atoms with Crippen molar-refractivity contribution in [2.24, 2.45) is 17.3 Å². The van der Waals surface area contributed by atoms with Crippen molar-refractivity contribution < 1.29 is 28.7 Å². The molecule has 1 fully saturated rings. The standard InChI is InChI=1S/C22H38N2O6/c1-15(2)18(24-21(28)30-14-22(3,4)5)17(25)13-16-9-8-12-29-11-7-6-10-23-20(27)19(16)26/h15-16,18H,6-14H2,1-5H3,(H,23,27)(H,24,28). The van der Waals surface area contributed by atoms with Gasteiger partial charge in [-0.05, 0) is 37.0 Å². The van der Waals surface area contributed by atoms with Gasteiger partial charge in [0.15, 0.2) is 5.78 Å². The summed E-state index contributed by atoms with van der Waals surface area (Å²) in [5.74, 6) is -2.42. The molecule has 2 unspecified atom stereocenters. The number of Topliss-reactive ketones (excluding diaryl/α,β-unsaturated/α-hetero) is 2. The normalized spacial score (nSPS) is 20.5. The number of ketones is 2. The third-order valence-electron chi connectivity index (χ3n) is 4.81. The van der Waals surface area contributed by atoms with Crippen LogP contribution in [0.2, 0.25) is 0 Å². The molecule has 30 heavy (non-hydrogen) atoms. The second-order valence-electron chi connectivity index (χ2n) is 9.45. The molecular weight excluding hydrogens is 388 g/mol. The smallest absolute Gasteiger partial charge is 0.407 e. The van der Waals surface area contributed by atoms with Crippen LogP contribution in [0.5, 0.6) is 0 Å². The van der Waals surface area contributed by atoms with Gasteiger partial charge >= 0.3 is 6.09 Å². The van der Waals surface area contributed by atoms with E-state index in [0.29, 0.717) is 32.6 Å². The molecule has 0 radical (unpaired) electrons. The summed E-state index contributed by atoms with van der Waals surface area (Å²) in [6.07, 6.45) is 1.77. The first kappa shape index (κ1) is 26.1. The van der Waals surface area contributed by atoms with Crippen molar-refractivity contribution in [1.82, 2.24) is 10.6 Å². The highest BCUT2D eigenvalue weighted by atomic mass is 16.5. The Morgan fingerprint density at radius 3 is 2.47 bits per heavy atom. The molecular formula is C22H38N2O6. The predicted octanol–water partition coefficient (Wildman–Crippen LogP) is 2.63. The zero-order chi connectivity index (χ0) is 22.7. The Kier molecular flexibility index (Phi) is 11.0. The zero-order valence-corrected chi connectivity index (χ0v) is 19.0. The highest BCUT2D eigenvalue weighted by Crippen LogP contribution is 2.18. The summed E-state index contributed by atoms with van der Waals surface area (Å²) in [7, 11) is 0. The van der Waals surface area contributed by atoms with Crippen LogP contribution in [0.3, 0.4) is 0 Å². The maximum Gasteiger partial charge on any atom is 0.407 e. The summed E-state index contributed by atoms with van der Waals surface area (Å²) >= 11 is 0. The van der Waals surface area contributed by atoms with Crippen LogP contribution in [0.15, 0.2) is 0 Å². The van der Waals surface area contributed by atoms with Crippen LogP contribution < -0.4 is 10.6 Å². The van der Waals surface area contributed by atoms with E-state index in [4.69, 9.17) is 9.47 Å². The van der Waals surface area contributed by atoms with Gasteiger partial charge in [0.1, 0.15) is 0 Å². The number of rotatable bonds is 6. The summed E-state index contributed by atoms with van der Waals surface area (Å²) in [6.45, 7) is 11.2.